The molecule has 0 saturated heterocycles. The maximum atomic E-state index is 11.7. The molecule has 4 nitrogen and oxygen atoms in total. The topological polar surface area (TPSA) is 68.0 Å². The van der Waals surface area contributed by atoms with Crippen LogP contribution in [0.5, 0.6) is 0 Å². The average molecular weight is 275 g/mol. The minimum Gasteiger partial charge on any atom is -0.399 e. The van der Waals surface area contributed by atoms with Gasteiger partial charge in [-0.05, 0) is 25.0 Å². The third-order valence-electron chi connectivity index (χ3n) is 2.81. The minimum absolute atomic E-state index is 0.0221. The number of hydrogen-bond acceptors (Lipinski definition) is 4. The summed E-state index contributed by atoms with van der Waals surface area (Å²) in [6.45, 7) is 2.45. The first kappa shape index (κ1) is 13.5. The zero-order chi connectivity index (χ0) is 13.7. The molecule has 0 saturated carbocycles. The Labute approximate surface area is 116 Å². The molecule has 1 amide bonds. The van der Waals surface area contributed by atoms with Gasteiger partial charge in [-0.3, -0.25) is 4.79 Å². The molecule has 0 fully saturated rings. The van der Waals surface area contributed by atoms with E-state index in [-0.39, 0.29) is 5.91 Å². The third-order valence-corrected chi connectivity index (χ3v) is 3.63. The van der Waals surface area contributed by atoms with Crippen LogP contribution >= 0.6 is 11.3 Å². The zero-order valence-electron chi connectivity index (χ0n) is 10.8. The number of aromatic nitrogens is 1. The smallest absolute Gasteiger partial charge is 0.220 e. The fourth-order valence-electron chi connectivity index (χ4n) is 1.78. The molecule has 2 aromatic rings. The Balaban J connectivity index is 1.77. The van der Waals surface area contributed by atoms with Crippen molar-refractivity contribution in [3.05, 3.63) is 45.9 Å². The Bertz CT molecular complexity index is 565. The van der Waals surface area contributed by atoms with E-state index in [4.69, 9.17) is 5.73 Å². The number of nitrogens with two attached hydrogens (primary N) is 1. The number of para-hydroxylation sites is 1. The minimum atomic E-state index is 0.0221. The van der Waals surface area contributed by atoms with Gasteiger partial charge >= 0.3 is 0 Å². The summed E-state index contributed by atoms with van der Waals surface area (Å²) in [6, 6.07) is 7.63. The van der Waals surface area contributed by atoms with Gasteiger partial charge in [0.2, 0.25) is 5.91 Å². The Kier molecular flexibility index (Phi) is 4.52. The number of carbonyl (C=O) groups excluding carboxylic acids is 1. The molecule has 3 N–H and O–H groups in total. The number of aryl methyl sites for hydroxylation is 2. The number of nitrogen functional groups attached to an aromatic ring is 1. The molecule has 0 atom stereocenters. The van der Waals surface area contributed by atoms with Crippen LogP contribution in [0, 0.1) is 6.92 Å². The molecule has 1 heterocycles. The molecule has 0 aliphatic rings. The molecule has 0 spiro atoms. The summed E-state index contributed by atoms with van der Waals surface area (Å²) in [5.74, 6) is 0.0221. The molecular weight excluding hydrogens is 258 g/mol. The van der Waals surface area contributed by atoms with Crippen LogP contribution in [-0.4, -0.2) is 10.9 Å². The van der Waals surface area contributed by atoms with Crippen LogP contribution in [0.1, 0.15) is 22.7 Å². The molecule has 5 heteroatoms. The van der Waals surface area contributed by atoms with Crippen molar-refractivity contribution < 1.29 is 4.79 Å². The second kappa shape index (κ2) is 6.33. The molecule has 0 radical (unpaired) electrons. The lowest BCUT2D eigenvalue weighted by atomic mass is 10.1. The third kappa shape index (κ3) is 4.06. The molecule has 0 bridgehead atoms. The maximum absolute atomic E-state index is 11.7. The zero-order valence-corrected chi connectivity index (χ0v) is 11.7. The van der Waals surface area contributed by atoms with Crippen molar-refractivity contribution in [1.29, 1.82) is 0 Å². The van der Waals surface area contributed by atoms with Gasteiger partial charge in [-0.2, -0.15) is 0 Å². The summed E-state index contributed by atoms with van der Waals surface area (Å²) in [5, 5.41) is 5.84. The predicted molar refractivity (Wildman–Crippen MR) is 77.9 cm³/mol. The summed E-state index contributed by atoms with van der Waals surface area (Å²) in [6.07, 6.45) is 1.10. The van der Waals surface area contributed by atoms with E-state index >= 15 is 0 Å². The van der Waals surface area contributed by atoms with Crippen molar-refractivity contribution in [2.45, 2.75) is 26.3 Å². The molecule has 19 heavy (non-hydrogen) atoms. The van der Waals surface area contributed by atoms with Crippen molar-refractivity contribution in [2.75, 3.05) is 5.73 Å². The van der Waals surface area contributed by atoms with Crippen LogP contribution in [0.25, 0.3) is 0 Å². The summed E-state index contributed by atoms with van der Waals surface area (Å²) < 4.78 is 0. The van der Waals surface area contributed by atoms with Gasteiger partial charge in [-0.1, -0.05) is 18.2 Å². The monoisotopic (exact) mass is 275 g/mol. The van der Waals surface area contributed by atoms with E-state index in [0.29, 0.717) is 19.4 Å². The van der Waals surface area contributed by atoms with E-state index in [9.17, 15) is 4.79 Å². The van der Waals surface area contributed by atoms with E-state index < -0.39 is 0 Å². The number of benzene rings is 1. The SMILES string of the molecule is Cc1nc(CNC(=O)CCc2ccccc2N)cs1. The lowest BCUT2D eigenvalue weighted by Gasteiger charge is -2.05. The normalized spacial score (nSPS) is 10.4. The molecule has 2 rings (SSSR count). The van der Waals surface area contributed by atoms with Gasteiger partial charge in [0.25, 0.3) is 0 Å². The van der Waals surface area contributed by atoms with Crippen molar-refractivity contribution >= 4 is 22.9 Å². The second-order valence-corrected chi connectivity index (χ2v) is 5.40. The first-order valence-corrected chi connectivity index (χ1v) is 7.04. The fraction of sp³-hybridized carbons (Fsp3) is 0.286. The molecule has 100 valence electrons. The van der Waals surface area contributed by atoms with Crippen molar-refractivity contribution in [3.63, 3.8) is 0 Å². The van der Waals surface area contributed by atoms with Gasteiger partial charge in [0.1, 0.15) is 0 Å². The van der Waals surface area contributed by atoms with Crippen molar-refractivity contribution in [1.82, 2.24) is 10.3 Å². The van der Waals surface area contributed by atoms with Gasteiger partial charge in [0.05, 0.1) is 17.2 Å². The summed E-state index contributed by atoms with van der Waals surface area (Å²) in [4.78, 5) is 16.0. The lowest BCUT2D eigenvalue weighted by Crippen LogP contribution is -2.23. The Morgan fingerprint density at radius 3 is 2.89 bits per heavy atom. The molecule has 1 aromatic carbocycles. The van der Waals surface area contributed by atoms with Crippen LogP contribution in [0.4, 0.5) is 5.69 Å². The Hall–Kier alpha value is -1.88. The van der Waals surface area contributed by atoms with Gasteiger partial charge in [-0.15, -0.1) is 11.3 Å². The number of carbonyl (C=O) groups is 1. The number of rotatable bonds is 5. The van der Waals surface area contributed by atoms with Gasteiger partial charge in [0, 0.05) is 17.5 Å². The summed E-state index contributed by atoms with van der Waals surface area (Å²) in [5.41, 5.74) is 8.50. The quantitative estimate of drug-likeness (QED) is 0.823. The van der Waals surface area contributed by atoms with Gasteiger partial charge < -0.3 is 11.1 Å². The van der Waals surface area contributed by atoms with E-state index in [1.165, 1.54) is 0 Å². The average Bonchev–Trinajstić information content (AvgIpc) is 2.81. The number of nitrogens with zero attached hydrogens (tertiary/aromatic N) is 1. The number of thiazole rings is 1. The van der Waals surface area contributed by atoms with Crippen LogP contribution < -0.4 is 11.1 Å². The number of amides is 1. The number of hydrogen-bond donors (Lipinski definition) is 2. The van der Waals surface area contributed by atoms with E-state index in [1.807, 2.05) is 36.6 Å². The lowest BCUT2D eigenvalue weighted by molar-refractivity contribution is -0.121. The van der Waals surface area contributed by atoms with Gasteiger partial charge in [0.15, 0.2) is 0 Å². The Morgan fingerprint density at radius 1 is 1.42 bits per heavy atom. The van der Waals surface area contributed by atoms with Crippen molar-refractivity contribution in [3.8, 4) is 0 Å². The highest BCUT2D eigenvalue weighted by molar-refractivity contribution is 7.09. The summed E-state index contributed by atoms with van der Waals surface area (Å²) >= 11 is 1.59. The molecule has 0 unspecified atom stereocenters. The van der Waals surface area contributed by atoms with E-state index in [2.05, 4.69) is 10.3 Å². The Morgan fingerprint density at radius 2 is 2.21 bits per heavy atom. The van der Waals surface area contributed by atoms with E-state index in [0.717, 1.165) is 22.0 Å². The molecule has 0 aliphatic heterocycles. The van der Waals surface area contributed by atoms with E-state index in [1.54, 1.807) is 11.3 Å². The second-order valence-electron chi connectivity index (χ2n) is 4.33. The molecular formula is C14H17N3OS. The highest BCUT2D eigenvalue weighted by Gasteiger charge is 2.05. The number of anilines is 1. The highest BCUT2D eigenvalue weighted by Crippen LogP contribution is 2.12. The van der Waals surface area contributed by atoms with Crippen LogP contribution in [0.2, 0.25) is 0 Å². The van der Waals surface area contributed by atoms with Crippen LogP contribution in [0.3, 0.4) is 0 Å². The van der Waals surface area contributed by atoms with Crippen LogP contribution in [-0.2, 0) is 17.8 Å². The largest absolute Gasteiger partial charge is 0.399 e. The maximum Gasteiger partial charge on any atom is 0.220 e. The fourth-order valence-corrected chi connectivity index (χ4v) is 2.39. The highest BCUT2D eigenvalue weighted by atomic mass is 32.1. The first-order valence-electron chi connectivity index (χ1n) is 6.16. The van der Waals surface area contributed by atoms with Gasteiger partial charge in [-0.25, -0.2) is 4.98 Å². The first-order chi connectivity index (χ1) is 9.15. The van der Waals surface area contributed by atoms with Crippen LogP contribution in [0.15, 0.2) is 29.6 Å². The standard InChI is InChI=1S/C14H17N3OS/c1-10-17-12(9-19-10)8-16-14(18)7-6-11-4-2-3-5-13(11)15/h2-5,9H,6-8,15H2,1H3,(H,16,18). The summed E-state index contributed by atoms with van der Waals surface area (Å²) in [7, 11) is 0. The predicted octanol–water partition coefficient (Wildman–Crippen LogP) is 2.28. The molecule has 1 aromatic heterocycles. The number of nitrogens with one attached hydrogen (secondary N) is 1. The van der Waals surface area contributed by atoms with Crippen molar-refractivity contribution in [2.24, 2.45) is 0 Å². The molecule has 0 aliphatic carbocycles.